The Balaban J connectivity index is 1.77. The lowest BCUT2D eigenvalue weighted by atomic mass is 9.71. The Morgan fingerprint density at radius 2 is 1.82 bits per heavy atom. The Bertz CT molecular complexity index is 509. The van der Waals surface area contributed by atoms with E-state index in [0.29, 0.717) is 24.2 Å². The van der Waals surface area contributed by atoms with E-state index in [0.717, 1.165) is 25.7 Å². The van der Waals surface area contributed by atoms with Crippen LogP contribution in [0.4, 0.5) is 0 Å². The van der Waals surface area contributed by atoms with Crippen LogP contribution in [0.2, 0.25) is 0 Å². The van der Waals surface area contributed by atoms with Crippen LogP contribution in [-0.2, 0) is 14.3 Å². The summed E-state index contributed by atoms with van der Waals surface area (Å²) in [7, 11) is 0. The molecule has 0 spiro atoms. The van der Waals surface area contributed by atoms with Crippen LogP contribution in [0.15, 0.2) is 11.8 Å². The van der Waals surface area contributed by atoms with Crippen molar-refractivity contribution in [1.29, 1.82) is 0 Å². The van der Waals surface area contributed by atoms with Crippen molar-refractivity contribution in [3.63, 3.8) is 0 Å². The van der Waals surface area contributed by atoms with E-state index in [1.165, 1.54) is 51.4 Å². The number of carbonyl (C=O) groups excluding carboxylic acids is 1. The van der Waals surface area contributed by atoms with Crippen molar-refractivity contribution < 1.29 is 19.4 Å². The Labute approximate surface area is 170 Å². The maximum atomic E-state index is 13.0. The summed E-state index contributed by atoms with van der Waals surface area (Å²) < 4.78 is 12.1. The van der Waals surface area contributed by atoms with Crippen LogP contribution in [0.25, 0.3) is 0 Å². The van der Waals surface area contributed by atoms with Gasteiger partial charge in [0.15, 0.2) is 5.76 Å². The highest BCUT2D eigenvalue weighted by atomic mass is 16.7. The molecule has 2 fully saturated rings. The summed E-state index contributed by atoms with van der Waals surface area (Å²) in [5, 5.41) is 12.6. The van der Waals surface area contributed by atoms with Crippen molar-refractivity contribution in [2.75, 3.05) is 13.2 Å². The minimum atomic E-state index is -0.388. The molecule has 0 unspecified atom stereocenters. The molecular formula is C23H39NO4. The fourth-order valence-corrected chi connectivity index (χ4v) is 5.35. The van der Waals surface area contributed by atoms with Crippen molar-refractivity contribution in [3.8, 4) is 0 Å². The lowest BCUT2D eigenvalue weighted by Crippen LogP contribution is -2.44. The molecule has 0 radical (unpaired) electrons. The summed E-state index contributed by atoms with van der Waals surface area (Å²) in [5.41, 5.74) is 0. The molecule has 0 bridgehead atoms. The Kier molecular flexibility index (Phi) is 8.66. The van der Waals surface area contributed by atoms with E-state index in [-0.39, 0.29) is 30.8 Å². The van der Waals surface area contributed by atoms with Gasteiger partial charge in [0.05, 0.1) is 0 Å². The fraction of sp³-hybridized carbons (Fsp3) is 0.870. The molecule has 28 heavy (non-hydrogen) atoms. The summed E-state index contributed by atoms with van der Waals surface area (Å²) in [6, 6.07) is 0.275. The van der Waals surface area contributed by atoms with Gasteiger partial charge in [-0.3, -0.25) is 4.79 Å². The van der Waals surface area contributed by atoms with E-state index in [4.69, 9.17) is 9.47 Å². The Morgan fingerprint density at radius 3 is 2.46 bits per heavy atom. The van der Waals surface area contributed by atoms with Gasteiger partial charge in [0.2, 0.25) is 6.29 Å². The number of ether oxygens (including phenoxy) is 2. The Morgan fingerprint density at radius 1 is 1.14 bits per heavy atom. The number of amides is 1. The van der Waals surface area contributed by atoms with Crippen molar-refractivity contribution in [2.45, 2.75) is 96.3 Å². The first kappa shape index (κ1) is 21.6. The lowest BCUT2D eigenvalue weighted by Gasteiger charge is -2.41. The van der Waals surface area contributed by atoms with Gasteiger partial charge in [0.1, 0.15) is 0 Å². The van der Waals surface area contributed by atoms with Gasteiger partial charge in [-0.25, -0.2) is 0 Å². The molecule has 1 aliphatic heterocycles. The molecule has 1 heterocycles. The van der Waals surface area contributed by atoms with E-state index < -0.39 is 0 Å². The molecule has 3 aliphatic rings. The van der Waals surface area contributed by atoms with Gasteiger partial charge in [-0.2, -0.15) is 0 Å². The predicted octanol–water partition coefficient (Wildman–Crippen LogP) is 4.30. The van der Waals surface area contributed by atoms with Crippen molar-refractivity contribution in [2.24, 2.45) is 17.8 Å². The average Bonchev–Trinajstić information content (AvgIpc) is 2.74. The highest BCUT2D eigenvalue weighted by Crippen LogP contribution is 2.42. The van der Waals surface area contributed by atoms with Gasteiger partial charge in [-0.05, 0) is 63.4 Å². The number of hydrogen-bond donors (Lipinski definition) is 2. The molecule has 0 saturated heterocycles. The number of carbonyl (C=O) groups is 1. The van der Waals surface area contributed by atoms with Crippen LogP contribution in [0, 0.1) is 17.8 Å². The highest BCUT2D eigenvalue weighted by molar-refractivity contribution is 5.91. The topological polar surface area (TPSA) is 67.8 Å². The zero-order chi connectivity index (χ0) is 19.8. The van der Waals surface area contributed by atoms with Crippen LogP contribution in [0.1, 0.15) is 84.0 Å². The summed E-state index contributed by atoms with van der Waals surface area (Å²) >= 11 is 0. The number of aliphatic hydroxyl groups excluding tert-OH is 1. The van der Waals surface area contributed by atoms with Gasteiger partial charge >= 0.3 is 0 Å². The summed E-state index contributed by atoms with van der Waals surface area (Å²) in [6.45, 7) is 2.73. The SMILES string of the molecule is CCO[C@H]1OC(C(=O)NC2CCCCC2)=C[C@@H](C2CCCCC2)[C@H]1CCCO. The fourth-order valence-electron chi connectivity index (χ4n) is 5.35. The highest BCUT2D eigenvalue weighted by Gasteiger charge is 2.41. The second-order valence-corrected chi connectivity index (χ2v) is 8.79. The molecule has 2 saturated carbocycles. The standard InChI is InChI=1S/C23H39NO4/c1-2-27-23-19(14-9-15-25)20(17-10-5-3-6-11-17)16-21(28-23)22(26)24-18-12-7-4-8-13-18/h16-20,23,25H,2-15H2,1H3,(H,24,26)/t19-,20+,23+/m1/s1. The van der Waals surface area contributed by atoms with Crippen LogP contribution < -0.4 is 5.32 Å². The third-order valence-electron chi connectivity index (χ3n) is 6.82. The van der Waals surface area contributed by atoms with Gasteiger partial charge in [-0.1, -0.05) is 38.5 Å². The van der Waals surface area contributed by atoms with Crippen LogP contribution in [0.3, 0.4) is 0 Å². The van der Waals surface area contributed by atoms with Crippen LogP contribution in [0.5, 0.6) is 0 Å². The first-order chi connectivity index (χ1) is 13.7. The zero-order valence-electron chi connectivity index (χ0n) is 17.5. The summed E-state index contributed by atoms with van der Waals surface area (Å²) in [4.78, 5) is 13.0. The van der Waals surface area contributed by atoms with Gasteiger partial charge < -0.3 is 19.9 Å². The van der Waals surface area contributed by atoms with E-state index in [9.17, 15) is 9.90 Å². The number of nitrogens with one attached hydrogen (secondary N) is 1. The molecule has 2 N–H and O–H groups in total. The number of rotatable bonds is 8. The number of allylic oxidation sites excluding steroid dienone is 1. The normalized spacial score (nSPS) is 29.8. The number of aliphatic hydroxyl groups is 1. The third-order valence-corrected chi connectivity index (χ3v) is 6.82. The van der Waals surface area contributed by atoms with Gasteiger partial charge in [0, 0.05) is 25.2 Å². The minimum absolute atomic E-state index is 0.0713. The number of hydrogen-bond acceptors (Lipinski definition) is 4. The van der Waals surface area contributed by atoms with Gasteiger partial charge in [-0.15, -0.1) is 0 Å². The van der Waals surface area contributed by atoms with E-state index >= 15 is 0 Å². The monoisotopic (exact) mass is 393 g/mol. The second-order valence-electron chi connectivity index (χ2n) is 8.79. The van der Waals surface area contributed by atoms with Crippen LogP contribution >= 0.6 is 0 Å². The van der Waals surface area contributed by atoms with Crippen molar-refractivity contribution in [1.82, 2.24) is 5.32 Å². The summed E-state index contributed by atoms with van der Waals surface area (Å²) in [5.74, 6) is 1.48. The maximum absolute atomic E-state index is 13.0. The third kappa shape index (κ3) is 5.73. The first-order valence-corrected chi connectivity index (χ1v) is 11.6. The Hall–Kier alpha value is -1.07. The van der Waals surface area contributed by atoms with Gasteiger partial charge in [0.25, 0.3) is 5.91 Å². The molecule has 3 rings (SSSR count). The zero-order valence-corrected chi connectivity index (χ0v) is 17.5. The van der Waals surface area contributed by atoms with E-state index in [2.05, 4.69) is 11.4 Å². The molecular weight excluding hydrogens is 354 g/mol. The van der Waals surface area contributed by atoms with Crippen LogP contribution in [-0.4, -0.2) is 36.6 Å². The largest absolute Gasteiger partial charge is 0.459 e. The molecule has 5 heteroatoms. The molecule has 5 nitrogen and oxygen atoms in total. The lowest BCUT2D eigenvalue weighted by molar-refractivity contribution is -0.177. The molecule has 0 aromatic heterocycles. The van der Waals surface area contributed by atoms with E-state index in [1.807, 2.05) is 6.92 Å². The molecule has 2 aliphatic carbocycles. The quantitative estimate of drug-likeness (QED) is 0.645. The molecule has 0 aromatic carbocycles. The maximum Gasteiger partial charge on any atom is 0.286 e. The molecule has 1 amide bonds. The van der Waals surface area contributed by atoms with Crippen molar-refractivity contribution in [3.05, 3.63) is 11.8 Å². The molecule has 160 valence electrons. The summed E-state index contributed by atoms with van der Waals surface area (Å²) in [6.07, 6.45) is 15.4. The molecule has 3 atom stereocenters. The average molecular weight is 394 g/mol. The first-order valence-electron chi connectivity index (χ1n) is 11.6. The van der Waals surface area contributed by atoms with E-state index in [1.54, 1.807) is 0 Å². The second kappa shape index (κ2) is 11.2. The smallest absolute Gasteiger partial charge is 0.286 e. The predicted molar refractivity (Wildman–Crippen MR) is 109 cm³/mol. The minimum Gasteiger partial charge on any atom is -0.459 e. The van der Waals surface area contributed by atoms with Crippen molar-refractivity contribution >= 4 is 5.91 Å². The molecule has 0 aromatic rings.